The zero-order chi connectivity index (χ0) is 21.8. The Kier molecular flexibility index (Phi) is 6.22. The van der Waals surface area contributed by atoms with Crippen molar-refractivity contribution in [3.8, 4) is 0 Å². The highest BCUT2D eigenvalue weighted by Gasteiger charge is 2.28. The van der Waals surface area contributed by atoms with Gasteiger partial charge in [0.1, 0.15) is 10.8 Å². The number of urea groups is 1. The number of anilines is 2. The summed E-state index contributed by atoms with van der Waals surface area (Å²) in [6.07, 6.45) is 1.67. The van der Waals surface area contributed by atoms with E-state index >= 15 is 0 Å². The fourth-order valence-electron chi connectivity index (χ4n) is 3.43. The van der Waals surface area contributed by atoms with Gasteiger partial charge in [0, 0.05) is 30.4 Å². The van der Waals surface area contributed by atoms with Crippen LogP contribution in [-0.4, -0.2) is 40.1 Å². The zero-order valence-electron chi connectivity index (χ0n) is 17.0. The Morgan fingerprint density at radius 3 is 2.68 bits per heavy atom. The number of carbonyl (C=O) groups is 2. The van der Waals surface area contributed by atoms with Crippen molar-refractivity contribution < 1.29 is 14.0 Å². The largest absolute Gasteiger partial charge is 0.324 e. The second kappa shape index (κ2) is 9.22. The summed E-state index contributed by atoms with van der Waals surface area (Å²) >= 11 is 1.25. The van der Waals surface area contributed by atoms with E-state index in [0.29, 0.717) is 30.0 Å². The van der Waals surface area contributed by atoms with Crippen molar-refractivity contribution in [3.05, 3.63) is 69.9 Å². The van der Waals surface area contributed by atoms with Gasteiger partial charge in [-0.3, -0.25) is 4.79 Å². The molecular formula is C22H22FN5O2S. The lowest BCUT2D eigenvalue weighted by Crippen LogP contribution is -2.41. The van der Waals surface area contributed by atoms with Crippen LogP contribution in [0.5, 0.6) is 0 Å². The van der Waals surface area contributed by atoms with Gasteiger partial charge in [0.05, 0.1) is 0 Å². The number of hydrogen-bond acceptors (Lipinski definition) is 5. The Morgan fingerprint density at radius 1 is 1.10 bits per heavy atom. The van der Waals surface area contributed by atoms with E-state index in [1.165, 1.54) is 17.4 Å². The van der Waals surface area contributed by atoms with Crippen molar-refractivity contribution in [1.82, 2.24) is 15.1 Å². The summed E-state index contributed by atoms with van der Waals surface area (Å²) in [4.78, 5) is 26.8. The fourth-order valence-corrected chi connectivity index (χ4v) is 4.30. The Morgan fingerprint density at radius 2 is 1.90 bits per heavy atom. The molecule has 160 valence electrons. The minimum absolute atomic E-state index is 0.00466. The molecule has 7 nitrogen and oxygen atoms in total. The minimum Gasteiger partial charge on any atom is -0.324 e. The number of rotatable bonds is 4. The Balaban J connectivity index is 1.38. The zero-order valence-corrected chi connectivity index (χ0v) is 17.8. The van der Waals surface area contributed by atoms with Crippen molar-refractivity contribution in [3.63, 3.8) is 0 Å². The van der Waals surface area contributed by atoms with Gasteiger partial charge >= 0.3 is 6.03 Å². The van der Waals surface area contributed by atoms with Crippen LogP contribution in [0, 0.1) is 12.7 Å². The average molecular weight is 440 g/mol. The molecule has 0 bridgehead atoms. The topological polar surface area (TPSA) is 87.2 Å². The summed E-state index contributed by atoms with van der Waals surface area (Å²) in [7, 11) is 0. The molecule has 3 aromatic rings. The predicted octanol–water partition coefficient (Wildman–Crippen LogP) is 4.65. The van der Waals surface area contributed by atoms with Crippen LogP contribution in [-0.2, 0) is 0 Å². The van der Waals surface area contributed by atoms with Gasteiger partial charge in [-0.15, -0.1) is 10.2 Å². The van der Waals surface area contributed by atoms with Crippen molar-refractivity contribution in [2.75, 3.05) is 23.7 Å². The molecule has 2 aromatic carbocycles. The van der Waals surface area contributed by atoms with E-state index < -0.39 is 0 Å². The summed E-state index contributed by atoms with van der Waals surface area (Å²) in [6, 6.07) is 13.5. The second-order valence-electron chi connectivity index (χ2n) is 7.44. The molecule has 2 heterocycles. The molecule has 0 spiro atoms. The van der Waals surface area contributed by atoms with E-state index in [9.17, 15) is 14.0 Å². The molecular weight excluding hydrogens is 417 g/mol. The highest BCUT2D eigenvalue weighted by atomic mass is 32.1. The molecule has 0 saturated carbocycles. The number of piperidine rings is 1. The molecule has 1 atom stereocenters. The number of likely N-dealkylation sites (tertiary alicyclic amines) is 1. The second-order valence-corrected chi connectivity index (χ2v) is 8.45. The molecule has 1 unspecified atom stereocenters. The van der Waals surface area contributed by atoms with Crippen LogP contribution in [0.1, 0.15) is 39.1 Å². The molecule has 1 aromatic heterocycles. The van der Waals surface area contributed by atoms with Gasteiger partial charge in [-0.25, -0.2) is 9.18 Å². The number of benzene rings is 2. The maximum absolute atomic E-state index is 13.7. The van der Waals surface area contributed by atoms with Gasteiger partial charge in [0.2, 0.25) is 5.01 Å². The maximum atomic E-state index is 13.7. The molecule has 2 N–H and O–H groups in total. The van der Waals surface area contributed by atoms with E-state index in [-0.39, 0.29) is 28.7 Å². The first kappa shape index (κ1) is 20.9. The summed E-state index contributed by atoms with van der Waals surface area (Å²) in [5.41, 5.74) is 1.64. The number of amides is 3. The van der Waals surface area contributed by atoms with Crippen molar-refractivity contribution in [2.45, 2.75) is 25.7 Å². The van der Waals surface area contributed by atoms with E-state index in [0.717, 1.165) is 17.8 Å². The molecule has 9 heteroatoms. The molecule has 4 rings (SSSR count). The summed E-state index contributed by atoms with van der Waals surface area (Å²) < 4.78 is 13.7. The van der Waals surface area contributed by atoms with E-state index in [2.05, 4.69) is 20.8 Å². The third-order valence-corrected chi connectivity index (χ3v) is 6.23. The monoisotopic (exact) mass is 439 g/mol. The lowest BCUT2D eigenvalue weighted by molar-refractivity contribution is 0.102. The number of hydrogen-bond donors (Lipinski definition) is 2. The normalized spacial score (nSPS) is 16.1. The van der Waals surface area contributed by atoms with Crippen molar-refractivity contribution in [1.29, 1.82) is 0 Å². The molecule has 1 fully saturated rings. The highest BCUT2D eigenvalue weighted by molar-refractivity contribution is 7.13. The average Bonchev–Trinajstić information content (AvgIpc) is 3.28. The fraction of sp³-hybridized carbons (Fsp3) is 0.273. The van der Waals surface area contributed by atoms with Crippen LogP contribution in [0.25, 0.3) is 0 Å². The third-order valence-electron chi connectivity index (χ3n) is 5.15. The van der Waals surface area contributed by atoms with E-state index in [1.54, 1.807) is 36.1 Å². The Hall–Kier alpha value is -3.33. The number of halogens is 1. The van der Waals surface area contributed by atoms with Gasteiger partial charge in [0.25, 0.3) is 5.91 Å². The van der Waals surface area contributed by atoms with Crippen LogP contribution in [0.4, 0.5) is 20.6 Å². The molecule has 1 aliphatic rings. The molecule has 31 heavy (non-hydrogen) atoms. The first-order chi connectivity index (χ1) is 15.0. The number of nitrogens with zero attached hydrogens (tertiary/aromatic N) is 3. The molecule has 1 saturated heterocycles. The predicted molar refractivity (Wildman–Crippen MR) is 118 cm³/mol. The summed E-state index contributed by atoms with van der Waals surface area (Å²) in [5, 5.41) is 14.8. The van der Waals surface area contributed by atoms with Crippen LogP contribution in [0.2, 0.25) is 0 Å². The lowest BCUT2D eigenvalue weighted by atomic mass is 9.99. The van der Waals surface area contributed by atoms with Gasteiger partial charge in [-0.05, 0) is 49.6 Å². The number of aromatic nitrogens is 2. The first-order valence-electron chi connectivity index (χ1n) is 10.0. The van der Waals surface area contributed by atoms with Crippen LogP contribution in [0.3, 0.4) is 0 Å². The standard InChI is InChI=1S/C22H22FN5O2S/c1-14-9-10-17(12-18(14)23)25-22(30)28-11-5-6-15(13-28)20-26-27-21(31-20)19(29)24-16-7-3-2-4-8-16/h2-4,7-10,12,15H,5-6,11,13H2,1H3,(H,24,29)(H,25,30). The lowest BCUT2D eigenvalue weighted by Gasteiger charge is -2.31. The van der Waals surface area contributed by atoms with Crippen LogP contribution in [0.15, 0.2) is 48.5 Å². The highest BCUT2D eigenvalue weighted by Crippen LogP contribution is 2.30. The quantitative estimate of drug-likeness (QED) is 0.620. The summed E-state index contributed by atoms with van der Waals surface area (Å²) in [6.45, 7) is 2.75. The van der Waals surface area contributed by atoms with E-state index in [1.807, 2.05) is 18.2 Å². The molecule has 1 aliphatic heterocycles. The maximum Gasteiger partial charge on any atom is 0.321 e. The number of aryl methyl sites for hydroxylation is 1. The number of nitrogens with one attached hydrogen (secondary N) is 2. The van der Waals surface area contributed by atoms with Gasteiger partial charge in [-0.2, -0.15) is 0 Å². The smallest absolute Gasteiger partial charge is 0.321 e. The van der Waals surface area contributed by atoms with Gasteiger partial charge in [-0.1, -0.05) is 35.6 Å². The molecule has 0 aliphatic carbocycles. The number of para-hydroxylation sites is 1. The van der Waals surface area contributed by atoms with Gasteiger partial charge in [0.15, 0.2) is 0 Å². The van der Waals surface area contributed by atoms with Crippen molar-refractivity contribution in [2.24, 2.45) is 0 Å². The SMILES string of the molecule is Cc1ccc(NC(=O)N2CCCC(c3nnc(C(=O)Nc4ccccc4)s3)C2)cc1F. The third kappa shape index (κ3) is 5.05. The Labute approximate surface area is 183 Å². The van der Waals surface area contributed by atoms with Gasteiger partial charge < -0.3 is 15.5 Å². The first-order valence-corrected chi connectivity index (χ1v) is 10.8. The van der Waals surface area contributed by atoms with E-state index in [4.69, 9.17) is 0 Å². The van der Waals surface area contributed by atoms with Crippen LogP contribution < -0.4 is 10.6 Å². The number of carbonyl (C=O) groups excluding carboxylic acids is 2. The molecule has 0 radical (unpaired) electrons. The molecule has 3 amide bonds. The van der Waals surface area contributed by atoms with Crippen molar-refractivity contribution >= 4 is 34.6 Å². The minimum atomic E-state index is -0.357. The summed E-state index contributed by atoms with van der Waals surface area (Å²) in [5.74, 6) is -0.656. The van der Waals surface area contributed by atoms with Crippen LogP contribution >= 0.6 is 11.3 Å². The Bertz CT molecular complexity index is 1090.